The number of nitrogens with one attached hydrogen (secondary N) is 1. The molecule has 0 bridgehead atoms. The topological polar surface area (TPSA) is 80.6 Å². The lowest BCUT2D eigenvalue weighted by molar-refractivity contribution is -0.148. The molecule has 0 aliphatic carbocycles. The Morgan fingerprint density at radius 1 is 1.33 bits per heavy atom. The first-order valence-electron chi connectivity index (χ1n) is 7.33. The van der Waals surface area contributed by atoms with E-state index in [1.54, 1.807) is 12.1 Å². The number of carboxylic acid groups (broad SMARTS) is 1. The van der Waals surface area contributed by atoms with Crippen LogP contribution in [-0.2, 0) is 9.53 Å². The maximum absolute atomic E-state index is 12.4. The Hall–Kier alpha value is -2.31. The van der Waals surface area contributed by atoms with E-state index in [2.05, 4.69) is 5.32 Å². The van der Waals surface area contributed by atoms with E-state index in [4.69, 9.17) is 21.4 Å². The van der Waals surface area contributed by atoms with Crippen LogP contribution in [0.25, 0.3) is 5.69 Å². The summed E-state index contributed by atoms with van der Waals surface area (Å²) in [6, 6.07) is 9.09. The number of aromatic nitrogens is 1. The van der Waals surface area contributed by atoms with E-state index in [0.29, 0.717) is 10.6 Å². The van der Waals surface area contributed by atoms with Gasteiger partial charge in [-0.05, 0) is 38.1 Å². The number of aliphatic carboxylic acids is 1. The highest BCUT2D eigenvalue weighted by atomic mass is 35.5. The molecule has 128 valence electrons. The zero-order valence-corrected chi connectivity index (χ0v) is 14.4. The number of aryl methyl sites for hydroxylation is 1. The number of halogens is 1. The quantitative estimate of drug-likeness (QED) is 0.839. The third kappa shape index (κ3) is 3.77. The number of amides is 1. The second kappa shape index (κ2) is 7.51. The molecule has 0 saturated carbocycles. The van der Waals surface area contributed by atoms with E-state index in [0.717, 1.165) is 17.1 Å². The van der Waals surface area contributed by atoms with Crippen molar-refractivity contribution in [3.8, 4) is 5.69 Å². The summed E-state index contributed by atoms with van der Waals surface area (Å²) in [5.74, 6) is -1.47. The van der Waals surface area contributed by atoms with E-state index < -0.39 is 12.1 Å². The van der Waals surface area contributed by atoms with Gasteiger partial charge in [-0.15, -0.1) is 0 Å². The van der Waals surface area contributed by atoms with Gasteiger partial charge in [0.05, 0.1) is 12.1 Å². The number of carbonyl (C=O) groups excluding carboxylic acids is 1. The number of hydrogen-bond acceptors (Lipinski definition) is 3. The molecule has 0 aliphatic rings. The van der Waals surface area contributed by atoms with Crippen LogP contribution < -0.4 is 5.32 Å². The summed E-state index contributed by atoms with van der Waals surface area (Å²) in [6.45, 7) is 3.61. The summed E-state index contributed by atoms with van der Waals surface area (Å²) in [4.78, 5) is 23.3. The first kappa shape index (κ1) is 18.0. The molecule has 2 N–H and O–H groups in total. The summed E-state index contributed by atoms with van der Waals surface area (Å²) in [5.41, 5.74) is 2.96. The fourth-order valence-electron chi connectivity index (χ4n) is 2.56. The van der Waals surface area contributed by atoms with Crippen molar-refractivity contribution < 1.29 is 19.4 Å². The van der Waals surface area contributed by atoms with Gasteiger partial charge in [-0.25, -0.2) is 4.79 Å². The van der Waals surface area contributed by atoms with E-state index >= 15 is 0 Å². The maximum atomic E-state index is 12.4. The minimum Gasteiger partial charge on any atom is -0.479 e. The summed E-state index contributed by atoms with van der Waals surface area (Å²) in [7, 11) is 1.29. The van der Waals surface area contributed by atoms with Gasteiger partial charge in [-0.1, -0.05) is 17.7 Å². The summed E-state index contributed by atoms with van der Waals surface area (Å²) < 4.78 is 6.73. The van der Waals surface area contributed by atoms with Gasteiger partial charge >= 0.3 is 5.97 Å². The first-order valence-corrected chi connectivity index (χ1v) is 7.71. The van der Waals surface area contributed by atoms with Crippen molar-refractivity contribution in [2.75, 3.05) is 13.7 Å². The number of ether oxygens (including phenoxy) is 1. The third-order valence-corrected chi connectivity index (χ3v) is 3.99. The van der Waals surface area contributed by atoms with Gasteiger partial charge in [0.1, 0.15) is 0 Å². The number of carboxylic acids is 1. The predicted molar refractivity (Wildman–Crippen MR) is 91.0 cm³/mol. The molecule has 7 heteroatoms. The zero-order valence-electron chi connectivity index (χ0n) is 13.7. The van der Waals surface area contributed by atoms with E-state index in [1.165, 1.54) is 7.11 Å². The molecular weight excluding hydrogens is 332 g/mol. The largest absolute Gasteiger partial charge is 0.479 e. The van der Waals surface area contributed by atoms with Crippen LogP contribution >= 0.6 is 11.6 Å². The molecule has 24 heavy (non-hydrogen) atoms. The fourth-order valence-corrected chi connectivity index (χ4v) is 2.74. The molecule has 1 heterocycles. The fraction of sp³-hybridized carbons (Fsp3) is 0.294. The smallest absolute Gasteiger partial charge is 0.334 e. The standard InChI is InChI=1S/C17H19ClN2O4/c1-10-7-14(16(21)19-9-15(24-3)17(22)23)11(2)20(10)13-6-4-5-12(18)8-13/h4-8,15H,9H2,1-3H3,(H,19,21)(H,22,23). The number of carbonyl (C=O) groups is 2. The van der Waals surface area contributed by atoms with Crippen molar-refractivity contribution in [2.45, 2.75) is 20.0 Å². The van der Waals surface area contributed by atoms with Gasteiger partial charge in [0.25, 0.3) is 5.91 Å². The molecule has 0 fully saturated rings. The van der Waals surface area contributed by atoms with E-state index in [9.17, 15) is 9.59 Å². The van der Waals surface area contributed by atoms with Crippen molar-refractivity contribution >= 4 is 23.5 Å². The van der Waals surface area contributed by atoms with Gasteiger partial charge in [-0.3, -0.25) is 4.79 Å². The van der Waals surface area contributed by atoms with Gasteiger partial charge in [0.15, 0.2) is 6.10 Å². The van der Waals surface area contributed by atoms with Gasteiger partial charge in [0.2, 0.25) is 0 Å². The molecular formula is C17H19ClN2O4. The molecule has 0 spiro atoms. The molecule has 2 aromatic rings. The third-order valence-electron chi connectivity index (χ3n) is 3.75. The first-order chi connectivity index (χ1) is 11.3. The number of benzene rings is 1. The Balaban J connectivity index is 2.25. The van der Waals surface area contributed by atoms with Crippen LogP contribution in [0.4, 0.5) is 0 Å². The van der Waals surface area contributed by atoms with Crippen molar-refractivity contribution in [3.63, 3.8) is 0 Å². The summed E-state index contributed by atoms with van der Waals surface area (Å²) >= 11 is 6.04. The average Bonchev–Trinajstić information content (AvgIpc) is 2.82. The molecule has 1 aromatic heterocycles. The van der Waals surface area contributed by atoms with Gasteiger partial charge in [0, 0.05) is 29.2 Å². The lowest BCUT2D eigenvalue weighted by Gasteiger charge is -2.12. The van der Waals surface area contributed by atoms with Crippen molar-refractivity contribution in [1.29, 1.82) is 0 Å². The van der Waals surface area contributed by atoms with E-state index in [-0.39, 0.29) is 12.5 Å². The van der Waals surface area contributed by atoms with Gasteiger partial charge < -0.3 is 19.7 Å². The van der Waals surface area contributed by atoms with E-state index in [1.807, 2.05) is 36.6 Å². The Bertz CT molecular complexity index is 770. The van der Waals surface area contributed by atoms with Crippen LogP contribution in [0.5, 0.6) is 0 Å². The SMILES string of the molecule is COC(CNC(=O)c1cc(C)n(-c2cccc(Cl)c2)c1C)C(=O)O. The maximum Gasteiger partial charge on any atom is 0.334 e. The second-order valence-corrected chi connectivity index (χ2v) is 5.81. The van der Waals surface area contributed by atoms with Crippen molar-refractivity contribution in [1.82, 2.24) is 9.88 Å². The van der Waals surface area contributed by atoms with Crippen LogP contribution in [0.15, 0.2) is 30.3 Å². The molecule has 0 aliphatic heterocycles. The predicted octanol–water partition coefficient (Wildman–Crippen LogP) is 2.58. The lowest BCUT2D eigenvalue weighted by atomic mass is 10.2. The molecule has 1 aromatic carbocycles. The average molecular weight is 351 g/mol. The highest BCUT2D eigenvalue weighted by molar-refractivity contribution is 6.30. The molecule has 1 amide bonds. The van der Waals surface area contributed by atoms with Crippen molar-refractivity contribution in [2.24, 2.45) is 0 Å². The summed E-state index contributed by atoms with van der Waals surface area (Å²) in [5, 5.41) is 12.1. The molecule has 1 atom stereocenters. The molecule has 0 radical (unpaired) electrons. The van der Waals surface area contributed by atoms with Crippen LogP contribution in [0.2, 0.25) is 5.02 Å². The van der Waals surface area contributed by atoms with Gasteiger partial charge in [-0.2, -0.15) is 0 Å². The highest BCUT2D eigenvalue weighted by Gasteiger charge is 2.20. The van der Waals surface area contributed by atoms with Crippen LogP contribution in [0.3, 0.4) is 0 Å². The Morgan fingerprint density at radius 3 is 2.62 bits per heavy atom. The minimum absolute atomic E-state index is 0.106. The second-order valence-electron chi connectivity index (χ2n) is 5.37. The number of hydrogen-bond donors (Lipinski definition) is 2. The number of rotatable bonds is 6. The number of methoxy groups -OCH3 is 1. The molecule has 6 nitrogen and oxygen atoms in total. The monoisotopic (exact) mass is 350 g/mol. The van der Waals surface area contributed by atoms with Crippen LogP contribution in [-0.4, -0.2) is 41.3 Å². The molecule has 2 rings (SSSR count). The molecule has 0 saturated heterocycles. The Labute approximate surface area is 145 Å². The number of nitrogens with zero attached hydrogens (tertiary/aromatic N) is 1. The van der Waals surface area contributed by atoms with Crippen molar-refractivity contribution in [3.05, 3.63) is 52.3 Å². The lowest BCUT2D eigenvalue weighted by Crippen LogP contribution is -2.37. The molecule has 1 unspecified atom stereocenters. The highest BCUT2D eigenvalue weighted by Crippen LogP contribution is 2.23. The van der Waals surface area contributed by atoms with Crippen LogP contribution in [0, 0.1) is 13.8 Å². The normalized spacial score (nSPS) is 12.0. The van der Waals surface area contributed by atoms with Crippen LogP contribution in [0.1, 0.15) is 21.7 Å². The minimum atomic E-state index is -1.12. The zero-order chi connectivity index (χ0) is 17.9. The Morgan fingerprint density at radius 2 is 2.04 bits per heavy atom. The summed E-state index contributed by atoms with van der Waals surface area (Å²) in [6.07, 6.45) is -1.08. The Kier molecular flexibility index (Phi) is 5.64.